The lowest BCUT2D eigenvalue weighted by Gasteiger charge is -2.30. The van der Waals surface area contributed by atoms with Gasteiger partial charge in [-0.05, 0) is 35.5 Å². The van der Waals surface area contributed by atoms with Crippen LogP contribution in [0.2, 0.25) is 0 Å². The van der Waals surface area contributed by atoms with Crippen molar-refractivity contribution in [2.75, 3.05) is 33.2 Å². The maximum absolute atomic E-state index is 12.9. The first kappa shape index (κ1) is 14.3. The first-order chi connectivity index (χ1) is 10.1. The number of amides is 1. The molecular weight excluding hydrogens is 289 g/mol. The van der Waals surface area contributed by atoms with Crippen LogP contribution in [0, 0.1) is 5.82 Å². The second-order valence-electron chi connectivity index (χ2n) is 5.31. The van der Waals surface area contributed by atoms with Crippen molar-refractivity contribution in [3.63, 3.8) is 0 Å². The number of nitrogens with one attached hydrogen (secondary N) is 1. The van der Waals surface area contributed by atoms with E-state index in [2.05, 4.69) is 16.9 Å². The first-order valence-corrected chi connectivity index (χ1v) is 7.78. The molecule has 21 heavy (non-hydrogen) atoms. The molecule has 0 bridgehead atoms. The molecule has 0 aliphatic carbocycles. The Hall–Kier alpha value is -1.66. The second-order valence-corrected chi connectivity index (χ2v) is 6.31. The summed E-state index contributed by atoms with van der Waals surface area (Å²) in [4.78, 5) is 20.4. The molecule has 2 aliphatic heterocycles. The highest BCUT2D eigenvalue weighted by molar-refractivity contribution is 8.18. The van der Waals surface area contributed by atoms with E-state index in [4.69, 9.17) is 0 Å². The van der Waals surface area contributed by atoms with Crippen LogP contribution in [-0.2, 0) is 4.79 Å². The fourth-order valence-corrected chi connectivity index (χ4v) is 3.29. The maximum atomic E-state index is 12.9. The molecule has 1 aromatic carbocycles. The van der Waals surface area contributed by atoms with Gasteiger partial charge in [0.2, 0.25) is 0 Å². The van der Waals surface area contributed by atoms with Crippen LogP contribution in [0.3, 0.4) is 0 Å². The molecule has 2 aliphatic rings. The number of quaternary nitrogens is 1. The van der Waals surface area contributed by atoms with E-state index < -0.39 is 0 Å². The molecule has 4 nitrogen and oxygen atoms in total. The monoisotopic (exact) mass is 306 g/mol. The molecule has 0 aromatic heterocycles. The van der Waals surface area contributed by atoms with Crippen LogP contribution in [0.15, 0.2) is 34.2 Å². The number of aliphatic imine (C=N–C) groups is 1. The lowest BCUT2D eigenvalue weighted by Crippen LogP contribution is -3.12. The Morgan fingerprint density at radius 3 is 2.62 bits per heavy atom. The number of carbonyl (C=O) groups is 1. The number of benzene rings is 1. The van der Waals surface area contributed by atoms with Crippen molar-refractivity contribution < 1.29 is 14.1 Å². The standard InChI is InChI=1S/C15H16FN3OS/c1-18-6-8-19(9-7-18)15-17-14(20)13(21-15)10-11-2-4-12(16)5-3-11/h2-5,10H,6-9H2,1H3/p+1/b13-10-. The smallest absolute Gasteiger partial charge is 0.286 e. The molecule has 1 fully saturated rings. The Bertz CT molecular complexity index is 604. The van der Waals surface area contributed by atoms with Gasteiger partial charge in [-0.3, -0.25) is 4.79 Å². The minimum absolute atomic E-state index is 0.203. The number of amidine groups is 1. The largest absolute Gasteiger partial charge is 0.339 e. The van der Waals surface area contributed by atoms with Crippen LogP contribution in [0.4, 0.5) is 4.39 Å². The van der Waals surface area contributed by atoms with Crippen LogP contribution >= 0.6 is 11.8 Å². The van der Waals surface area contributed by atoms with E-state index in [1.165, 1.54) is 28.8 Å². The molecule has 2 heterocycles. The lowest BCUT2D eigenvalue weighted by molar-refractivity contribution is -0.883. The Balaban J connectivity index is 1.71. The van der Waals surface area contributed by atoms with Crippen LogP contribution in [0.25, 0.3) is 6.08 Å². The number of hydrogen-bond donors (Lipinski definition) is 1. The average molecular weight is 306 g/mol. The van der Waals surface area contributed by atoms with Crippen LogP contribution < -0.4 is 4.90 Å². The van der Waals surface area contributed by atoms with Gasteiger partial charge in [-0.25, -0.2) is 4.39 Å². The summed E-state index contributed by atoms with van der Waals surface area (Å²) in [5, 5.41) is 0.792. The van der Waals surface area contributed by atoms with E-state index in [0.717, 1.165) is 36.9 Å². The summed E-state index contributed by atoms with van der Waals surface area (Å²) in [5.41, 5.74) is 0.812. The lowest BCUT2D eigenvalue weighted by atomic mass is 10.2. The Morgan fingerprint density at radius 1 is 1.29 bits per heavy atom. The highest BCUT2D eigenvalue weighted by atomic mass is 32.2. The van der Waals surface area contributed by atoms with Crippen molar-refractivity contribution in [1.82, 2.24) is 4.90 Å². The molecule has 0 saturated carbocycles. The topological polar surface area (TPSA) is 37.1 Å². The van der Waals surface area contributed by atoms with Crippen molar-refractivity contribution in [2.24, 2.45) is 4.99 Å². The van der Waals surface area contributed by atoms with Crippen molar-refractivity contribution in [2.45, 2.75) is 0 Å². The minimum atomic E-state index is -0.278. The number of nitrogens with zero attached hydrogens (tertiary/aromatic N) is 2. The van der Waals surface area contributed by atoms with Gasteiger partial charge in [0.1, 0.15) is 5.82 Å². The molecular formula is C15H17FN3OS+. The first-order valence-electron chi connectivity index (χ1n) is 6.96. The molecule has 0 radical (unpaired) electrons. The summed E-state index contributed by atoms with van der Waals surface area (Å²) in [7, 11) is 2.17. The van der Waals surface area contributed by atoms with E-state index >= 15 is 0 Å². The number of likely N-dealkylation sites (N-methyl/N-ethyl adjacent to an activating group) is 1. The quantitative estimate of drug-likeness (QED) is 0.773. The molecule has 110 valence electrons. The Kier molecular flexibility index (Phi) is 4.07. The fraction of sp³-hybridized carbons (Fsp3) is 0.333. The fourth-order valence-electron chi connectivity index (χ4n) is 2.32. The summed E-state index contributed by atoms with van der Waals surface area (Å²) in [6.07, 6.45) is 1.77. The second kappa shape index (κ2) is 5.99. The van der Waals surface area contributed by atoms with Gasteiger partial charge in [0.15, 0.2) is 5.17 Å². The van der Waals surface area contributed by atoms with Gasteiger partial charge in [-0.2, -0.15) is 4.99 Å². The summed E-state index contributed by atoms with van der Waals surface area (Å²) in [6.45, 7) is 3.97. The molecule has 6 heteroatoms. The third kappa shape index (κ3) is 3.33. The Morgan fingerprint density at radius 2 is 1.95 bits per heavy atom. The SMILES string of the molecule is C[NH+]1CCN(C2=NC(=O)/C(=C/c3ccc(F)cc3)S2)CC1. The van der Waals surface area contributed by atoms with E-state index in [-0.39, 0.29) is 11.7 Å². The minimum Gasteiger partial charge on any atom is -0.339 e. The highest BCUT2D eigenvalue weighted by Crippen LogP contribution is 2.30. The predicted octanol–water partition coefficient (Wildman–Crippen LogP) is 0.626. The van der Waals surface area contributed by atoms with E-state index in [0.29, 0.717) is 4.91 Å². The molecule has 3 rings (SSSR count). The average Bonchev–Trinajstić information content (AvgIpc) is 2.83. The van der Waals surface area contributed by atoms with Crippen LogP contribution in [0.5, 0.6) is 0 Å². The van der Waals surface area contributed by atoms with Crippen LogP contribution in [-0.4, -0.2) is 49.2 Å². The molecule has 1 amide bonds. The van der Waals surface area contributed by atoms with Gasteiger partial charge in [-0.15, -0.1) is 0 Å². The number of thioether (sulfide) groups is 1. The third-order valence-corrected chi connectivity index (χ3v) is 4.71. The zero-order chi connectivity index (χ0) is 14.8. The summed E-state index contributed by atoms with van der Waals surface area (Å²) < 4.78 is 12.9. The van der Waals surface area contributed by atoms with Gasteiger partial charge in [0.25, 0.3) is 5.91 Å². The van der Waals surface area contributed by atoms with Crippen LogP contribution in [0.1, 0.15) is 5.56 Å². The number of piperazine rings is 1. The summed E-state index contributed by atoms with van der Waals surface area (Å²) in [5.74, 6) is -0.481. The predicted molar refractivity (Wildman–Crippen MR) is 82.6 cm³/mol. The molecule has 1 saturated heterocycles. The van der Waals surface area contributed by atoms with Gasteiger partial charge >= 0.3 is 0 Å². The van der Waals surface area contributed by atoms with Crippen molar-refractivity contribution in [3.8, 4) is 0 Å². The molecule has 0 atom stereocenters. The molecule has 1 N–H and O–H groups in total. The molecule has 0 unspecified atom stereocenters. The summed E-state index contributed by atoms with van der Waals surface area (Å²) in [6, 6.07) is 6.10. The number of carbonyl (C=O) groups excluding carboxylic acids is 1. The molecule has 1 aromatic rings. The van der Waals surface area contributed by atoms with Crippen molar-refractivity contribution in [3.05, 3.63) is 40.6 Å². The van der Waals surface area contributed by atoms with Crippen molar-refractivity contribution >= 4 is 28.9 Å². The Labute approximate surface area is 127 Å². The van der Waals surface area contributed by atoms with Gasteiger partial charge < -0.3 is 9.80 Å². The highest BCUT2D eigenvalue weighted by Gasteiger charge is 2.28. The van der Waals surface area contributed by atoms with E-state index in [1.807, 2.05) is 0 Å². The van der Waals surface area contributed by atoms with Gasteiger partial charge in [0.05, 0.1) is 38.1 Å². The number of halogens is 1. The van der Waals surface area contributed by atoms with Gasteiger partial charge in [-0.1, -0.05) is 12.1 Å². The zero-order valence-corrected chi connectivity index (χ0v) is 12.6. The molecule has 0 spiro atoms. The number of hydrogen-bond acceptors (Lipinski definition) is 3. The summed E-state index contributed by atoms with van der Waals surface area (Å²) >= 11 is 1.41. The zero-order valence-electron chi connectivity index (χ0n) is 11.8. The van der Waals surface area contributed by atoms with Gasteiger partial charge in [0, 0.05) is 0 Å². The number of rotatable bonds is 1. The van der Waals surface area contributed by atoms with Crippen molar-refractivity contribution in [1.29, 1.82) is 0 Å². The van der Waals surface area contributed by atoms with E-state index in [9.17, 15) is 9.18 Å². The van der Waals surface area contributed by atoms with E-state index in [1.54, 1.807) is 18.2 Å². The third-order valence-electron chi connectivity index (χ3n) is 3.66. The maximum Gasteiger partial charge on any atom is 0.286 e. The normalized spacial score (nSPS) is 22.0.